The molecule has 0 fully saturated rings. The fourth-order valence-corrected chi connectivity index (χ4v) is 0.861. The van der Waals surface area contributed by atoms with Crippen molar-refractivity contribution in [3.63, 3.8) is 0 Å². The summed E-state index contributed by atoms with van der Waals surface area (Å²) in [6, 6.07) is 8.13. The largest absolute Gasteiger partial charge is 0.497 e. The number of methoxy groups -OCH3 is 1. The maximum absolute atomic E-state index is 9.44. The fourth-order valence-electron chi connectivity index (χ4n) is 0.861. The predicted octanol–water partition coefficient (Wildman–Crippen LogP) is 2.85. The molecule has 0 saturated heterocycles. The van der Waals surface area contributed by atoms with Crippen molar-refractivity contribution in [3.8, 4) is 5.75 Å². The van der Waals surface area contributed by atoms with Crippen molar-refractivity contribution < 1.29 is 9.53 Å². The van der Waals surface area contributed by atoms with Crippen molar-refractivity contribution in [2.75, 3.05) is 7.11 Å². The number of Topliss-reactive ketones (excluding diaryl/α,β-unsaturated/α-hetero) is 1. The van der Waals surface area contributed by atoms with Crippen molar-refractivity contribution in [3.05, 3.63) is 29.8 Å². The lowest BCUT2D eigenvalue weighted by molar-refractivity contribution is -0.114. The van der Waals surface area contributed by atoms with Gasteiger partial charge in [-0.05, 0) is 38.0 Å². The van der Waals surface area contributed by atoms with Gasteiger partial charge in [0.15, 0.2) is 0 Å². The Balaban J connectivity index is 0.000000364. The zero-order valence-corrected chi connectivity index (χ0v) is 9.33. The molecule has 0 N–H and O–H groups in total. The number of hydrogen-bond donors (Lipinski definition) is 0. The summed E-state index contributed by atoms with van der Waals surface area (Å²) in [5.74, 6) is 1.09. The van der Waals surface area contributed by atoms with Gasteiger partial charge in [0.1, 0.15) is 11.5 Å². The first-order valence-electron chi connectivity index (χ1n) is 4.70. The highest BCUT2D eigenvalue weighted by Gasteiger charge is 1.89. The summed E-state index contributed by atoms with van der Waals surface area (Å²) in [4.78, 5) is 9.44. The highest BCUT2D eigenvalue weighted by atomic mass is 16.5. The summed E-state index contributed by atoms with van der Waals surface area (Å²) in [5, 5.41) is 0. The molecule has 0 aliphatic rings. The zero-order valence-electron chi connectivity index (χ0n) is 9.33. The molecule has 0 aromatic heterocycles. The van der Waals surface area contributed by atoms with Crippen LogP contribution in [0.3, 0.4) is 0 Å². The molecule has 0 unspecified atom stereocenters. The standard InChI is InChI=1S/C9H12O.C3H6O/c1-3-8-4-6-9(10-2)7-5-8;1-3(2)4/h4-7H,3H2,1-2H3;1-2H3. The number of ether oxygens (including phenoxy) is 1. The quantitative estimate of drug-likeness (QED) is 0.723. The lowest BCUT2D eigenvalue weighted by Crippen LogP contribution is -1.83. The molecular weight excluding hydrogens is 176 g/mol. The molecule has 0 heterocycles. The van der Waals surface area contributed by atoms with E-state index in [1.54, 1.807) is 7.11 Å². The van der Waals surface area contributed by atoms with Gasteiger partial charge in [0.2, 0.25) is 0 Å². The third-order valence-electron chi connectivity index (χ3n) is 1.57. The first-order valence-corrected chi connectivity index (χ1v) is 4.70. The highest BCUT2D eigenvalue weighted by molar-refractivity contribution is 5.72. The van der Waals surface area contributed by atoms with Gasteiger partial charge in [-0.15, -0.1) is 0 Å². The molecule has 1 rings (SSSR count). The molecule has 0 amide bonds. The van der Waals surface area contributed by atoms with Gasteiger partial charge in [-0.3, -0.25) is 0 Å². The molecule has 14 heavy (non-hydrogen) atoms. The van der Waals surface area contributed by atoms with Crippen LogP contribution in [-0.4, -0.2) is 12.9 Å². The number of ketones is 1. The zero-order chi connectivity index (χ0) is 11.0. The Kier molecular flexibility index (Phi) is 6.46. The summed E-state index contributed by atoms with van der Waals surface area (Å²) in [5.41, 5.74) is 1.35. The van der Waals surface area contributed by atoms with Crippen molar-refractivity contribution in [1.82, 2.24) is 0 Å². The average molecular weight is 194 g/mol. The Hall–Kier alpha value is -1.31. The lowest BCUT2D eigenvalue weighted by atomic mass is 10.2. The maximum atomic E-state index is 9.44. The molecule has 1 aromatic rings. The Morgan fingerprint density at radius 3 is 1.93 bits per heavy atom. The van der Waals surface area contributed by atoms with Crippen LogP contribution in [0.4, 0.5) is 0 Å². The SMILES string of the molecule is CC(C)=O.CCc1ccc(OC)cc1. The molecule has 2 heteroatoms. The van der Waals surface area contributed by atoms with Crippen LogP contribution >= 0.6 is 0 Å². The number of benzene rings is 1. The molecule has 0 saturated carbocycles. The van der Waals surface area contributed by atoms with Gasteiger partial charge in [0, 0.05) is 0 Å². The lowest BCUT2D eigenvalue weighted by Gasteiger charge is -1.99. The minimum Gasteiger partial charge on any atom is -0.497 e. The van der Waals surface area contributed by atoms with Gasteiger partial charge < -0.3 is 9.53 Å². The van der Waals surface area contributed by atoms with E-state index in [-0.39, 0.29) is 5.78 Å². The third-order valence-corrected chi connectivity index (χ3v) is 1.57. The summed E-state index contributed by atoms with van der Waals surface area (Å²) in [6.07, 6.45) is 1.09. The number of rotatable bonds is 2. The molecule has 78 valence electrons. The fraction of sp³-hybridized carbons (Fsp3) is 0.417. The van der Waals surface area contributed by atoms with Gasteiger partial charge >= 0.3 is 0 Å². The van der Waals surface area contributed by atoms with Crippen molar-refractivity contribution >= 4 is 5.78 Å². The molecule has 0 spiro atoms. The second-order valence-electron chi connectivity index (χ2n) is 3.11. The third kappa shape index (κ3) is 6.23. The van der Waals surface area contributed by atoms with E-state index in [0.29, 0.717) is 0 Å². The van der Waals surface area contributed by atoms with Crippen LogP contribution in [0.5, 0.6) is 5.75 Å². The van der Waals surface area contributed by atoms with Crippen LogP contribution < -0.4 is 4.74 Å². The first-order chi connectivity index (χ1) is 6.60. The number of aryl methyl sites for hydroxylation is 1. The Morgan fingerprint density at radius 1 is 1.21 bits per heavy atom. The molecule has 0 aliphatic heterocycles. The van der Waals surface area contributed by atoms with Crippen molar-refractivity contribution in [2.45, 2.75) is 27.2 Å². The molecular formula is C12H18O2. The van der Waals surface area contributed by atoms with Crippen molar-refractivity contribution in [2.24, 2.45) is 0 Å². The summed E-state index contributed by atoms with van der Waals surface area (Å²) in [6.45, 7) is 5.20. The number of carbonyl (C=O) groups is 1. The van der Waals surface area contributed by atoms with Crippen LogP contribution in [0, 0.1) is 0 Å². The predicted molar refractivity (Wildman–Crippen MR) is 58.7 cm³/mol. The van der Waals surface area contributed by atoms with Crippen molar-refractivity contribution in [1.29, 1.82) is 0 Å². The molecule has 0 atom stereocenters. The number of carbonyl (C=O) groups excluding carboxylic acids is 1. The second kappa shape index (κ2) is 7.13. The topological polar surface area (TPSA) is 26.3 Å². The second-order valence-corrected chi connectivity index (χ2v) is 3.11. The van der Waals surface area contributed by atoms with Crippen LogP contribution in [0.25, 0.3) is 0 Å². The van der Waals surface area contributed by atoms with E-state index in [1.165, 1.54) is 19.4 Å². The molecule has 0 aliphatic carbocycles. The van der Waals surface area contributed by atoms with Crippen LogP contribution in [0.1, 0.15) is 26.3 Å². The van der Waals surface area contributed by atoms with E-state index >= 15 is 0 Å². The molecule has 2 nitrogen and oxygen atoms in total. The van der Waals surface area contributed by atoms with Crippen LogP contribution in [0.15, 0.2) is 24.3 Å². The Bertz CT molecular complexity index is 235. The monoisotopic (exact) mass is 194 g/mol. The minimum absolute atomic E-state index is 0.167. The Labute approximate surface area is 85.9 Å². The number of hydrogen-bond acceptors (Lipinski definition) is 2. The Morgan fingerprint density at radius 2 is 1.64 bits per heavy atom. The minimum atomic E-state index is 0.167. The average Bonchev–Trinajstić information content (AvgIpc) is 2.17. The van der Waals surface area contributed by atoms with Gasteiger partial charge in [-0.25, -0.2) is 0 Å². The first kappa shape index (κ1) is 12.7. The molecule has 0 bridgehead atoms. The van der Waals surface area contributed by atoms with E-state index in [4.69, 9.17) is 4.74 Å². The van der Waals surface area contributed by atoms with E-state index in [2.05, 4.69) is 19.1 Å². The highest BCUT2D eigenvalue weighted by Crippen LogP contribution is 2.10. The normalized spacial score (nSPS) is 8.57. The van der Waals surface area contributed by atoms with Gasteiger partial charge in [-0.2, -0.15) is 0 Å². The van der Waals surface area contributed by atoms with Gasteiger partial charge in [0.05, 0.1) is 7.11 Å². The summed E-state index contributed by atoms with van der Waals surface area (Å²) >= 11 is 0. The van der Waals surface area contributed by atoms with E-state index in [0.717, 1.165) is 12.2 Å². The van der Waals surface area contributed by atoms with E-state index in [9.17, 15) is 4.79 Å². The summed E-state index contributed by atoms with van der Waals surface area (Å²) in [7, 11) is 1.68. The smallest absolute Gasteiger partial charge is 0.126 e. The molecule has 0 radical (unpaired) electrons. The van der Waals surface area contributed by atoms with Gasteiger partial charge in [0.25, 0.3) is 0 Å². The maximum Gasteiger partial charge on any atom is 0.126 e. The van der Waals surface area contributed by atoms with E-state index < -0.39 is 0 Å². The van der Waals surface area contributed by atoms with Crippen LogP contribution in [-0.2, 0) is 11.2 Å². The van der Waals surface area contributed by atoms with E-state index in [1.807, 2.05) is 12.1 Å². The molecule has 1 aromatic carbocycles. The van der Waals surface area contributed by atoms with Crippen LogP contribution in [0.2, 0.25) is 0 Å². The van der Waals surface area contributed by atoms with Gasteiger partial charge in [-0.1, -0.05) is 19.1 Å². The summed E-state index contributed by atoms with van der Waals surface area (Å²) < 4.78 is 5.01.